The molecule has 2 rings (SSSR count). The maximum absolute atomic E-state index is 4.37. The van der Waals surface area contributed by atoms with Gasteiger partial charge in [0.1, 0.15) is 0 Å². The Morgan fingerprint density at radius 1 is 1.53 bits per heavy atom. The van der Waals surface area contributed by atoms with Gasteiger partial charge in [0, 0.05) is 30.7 Å². The molecule has 3 nitrogen and oxygen atoms in total. The van der Waals surface area contributed by atoms with Crippen molar-refractivity contribution in [1.82, 2.24) is 15.1 Å². The number of rotatable bonds is 4. The van der Waals surface area contributed by atoms with E-state index in [-0.39, 0.29) is 0 Å². The van der Waals surface area contributed by atoms with Crippen molar-refractivity contribution in [2.75, 3.05) is 0 Å². The van der Waals surface area contributed by atoms with E-state index in [1.165, 1.54) is 4.88 Å². The van der Waals surface area contributed by atoms with Crippen LogP contribution in [0.5, 0.6) is 0 Å². The van der Waals surface area contributed by atoms with E-state index < -0.39 is 0 Å². The van der Waals surface area contributed by atoms with Crippen LogP contribution < -0.4 is 5.32 Å². The van der Waals surface area contributed by atoms with Crippen LogP contribution in [-0.2, 0) is 13.6 Å². The summed E-state index contributed by atoms with van der Waals surface area (Å²) in [5, 5.41) is 9.92. The van der Waals surface area contributed by atoms with Gasteiger partial charge >= 0.3 is 0 Å². The van der Waals surface area contributed by atoms with Crippen LogP contribution in [0, 0.1) is 0 Å². The van der Waals surface area contributed by atoms with E-state index >= 15 is 0 Å². The Bertz CT molecular complexity index is 405. The molecule has 2 heterocycles. The lowest BCUT2D eigenvalue weighted by molar-refractivity contribution is 0.555. The highest BCUT2D eigenvalue weighted by Crippen LogP contribution is 2.12. The van der Waals surface area contributed by atoms with Gasteiger partial charge in [0.25, 0.3) is 0 Å². The van der Waals surface area contributed by atoms with E-state index in [4.69, 9.17) is 0 Å². The fourth-order valence-corrected chi connectivity index (χ4v) is 2.09. The highest BCUT2D eigenvalue weighted by Gasteiger charge is 2.07. The summed E-state index contributed by atoms with van der Waals surface area (Å²) in [5.41, 5.74) is 1.09. The van der Waals surface area contributed by atoms with Gasteiger partial charge in [-0.05, 0) is 24.4 Å². The van der Waals surface area contributed by atoms with Crippen LogP contribution in [0.25, 0.3) is 0 Å². The predicted molar refractivity (Wildman–Crippen MR) is 62.8 cm³/mol. The van der Waals surface area contributed by atoms with E-state index in [1.54, 1.807) is 11.3 Å². The van der Waals surface area contributed by atoms with Gasteiger partial charge in [0.15, 0.2) is 0 Å². The summed E-state index contributed by atoms with van der Waals surface area (Å²) in [5.74, 6) is 0. The fraction of sp³-hybridized carbons (Fsp3) is 0.364. The standard InChI is InChI=1S/C11H15N3S/c1-9(11-5-6-14(2)13-11)12-8-10-4-3-7-15-10/h3-7,9,12H,8H2,1-2H3. The molecule has 1 unspecified atom stereocenters. The molecule has 0 radical (unpaired) electrons. The first kappa shape index (κ1) is 10.4. The zero-order chi connectivity index (χ0) is 10.7. The van der Waals surface area contributed by atoms with Crippen LogP contribution >= 0.6 is 11.3 Å². The summed E-state index contributed by atoms with van der Waals surface area (Å²) in [7, 11) is 1.94. The fourth-order valence-electron chi connectivity index (χ4n) is 1.44. The molecule has 0 spiro atoms. The molecule has 2 aromatic heterocycles. The normalized spacial score (nSPS) is 12.9. The van der Waals surface area contributed by atoms with Crippen molar-refractivity contribution >= 4 is 11.3 Å². The Kier molecular flexibility index (Phi) is 3.18. The first-order valence-corrected chi connectivity index (χ1v) is 5.89. The van der Waals surface area contributed by atoms with Crippen molar-refractivity contribution in [2.24, 2.45) is 7.05 Å². The SMILES string of the molecule is CC(NCc1cccs1)c1ccn(C)n1. The topological polar surface area (TPSA) is 29.9 Å². The molecule has 0 aliphatic carbocycles. The van der Waals surface area contributed by atoms with E-state index in [9.17, 15) is 0 Å². The van der Waals surface area contributed by atoms with Gasteiger partial charge in [-0.25, -0.2) is 0 Å². The first-order chi connectivity index (χ1) is 7.25. The number of aromatic nitrogens is 2. The summed E-state index contributed by atoms with van der Waals surface area (Å²) in [6.45, 7) is 3.05. The largest absolute Gasteiger partial charge is 0.304 e. The van der Waals surface area contributed by atoms with Crippen molar-refractivity contribution in [3.05, 3.63) is 40.3 Å². The number of nitrogens with zero attached hydrogens (tertiary/aromatic N) is 2. The molecular weight excluding hydrogens is 206 g/mol. The van der Waals surface area contributed by atoms with E-state index in [0.717, 1.165) is 12.2 Å². The molecule has 80 valence electrons. The molecule has 0 fully saturated rings. The zero-order valence-electron chi connectivity index (χ0n) is 8.97. The number of nitrogens with one attached hydrogen (secondary N) is 1. The lowest BCUT2D eigenvalue weighted by atomic mass is 10.2. The minimum Gasteiger partial charge on any atom is -0.304 e. The molecule has 1 atom stereocenters. The summed E-state index contributed by atoms with van der Waals surface area (Å²) >= 11 is 1.78. The average molecular weight is 221 g/mol. The molecule has 4 heteroatoms. The van der Waals surface area contributed by atoms with Crippen LogP contribution in [0.2, 0.25) is 0 Å². The molecule has 0 amide bonds. The third kappa shape index (κ3) is 2.67. The highest BCUT2D eigenvalue weighted by atomic mass is 32.1. The van der Waals surface area contributed by atoms with Gasteiger partial charge in [-0.15, -0.1) is 11.3 Å². The second-order valence-corrected chi connectivity index (χ2v) is 4.63. The third-order valence-electron chi connectivity index (χ3n) is 2.34. The zero-order valence-corrected chi connectivity index (χ0v) is 9.79. The summed E-state index contributed by atoms with van der Waals surface area (Å²) in [6, 6.07) is 6.57. The molecule has 0 aromatic carbocycles. The van der Waals surface area contributed by atoms with Crippen LogP contribution in [0.4, 0.5) is 0 Å². The van der Waals surface area contributed by atoms with E-state index in [1.807, 2.05) is 24.0 Å². The monoisotopic (exact) mass is 221 g/mol. The summed E-state index contributed by atoms with van der Waals surface area (Å²) in [4.78, 5) is 1.36. The van der Waals surface area contributed by atoms with Crippen LogP contribution in [0.3, 0.4) is 0 Å². The number of hydrogen-bond donors (Lipinski definition) is 1. The van der Waals surface area contributed by atoms with Gasteiger partial charge in [0.05, 0.1) is 5.69 Å². The summed E-state index contributed by atoms with van der Waals surface area (Å²) in [6.07, 6.45) is 1.97. The highest BCUT2D eigenvalue weighted by molar-refractivity contribution is 7.09. The van der Waals surface area contributed by atoms with Crippen molar-refractivity contribution in [1.29, 1.82) is 0 Å². The lowest BCUT2D eigenvalue weighted by Crippen LogP contribution is -2.18. The molecule has 0 aliphatic heterocycles. The Hall–Kier alpha value is -1.13. The van der Waals surface area contributed by atoms with Gasteiger partial charge in [-0.1, -0.05) is 6.07 Å². The predicted octanol–water partition coefficient (Wildman–Crippen LogP) is 2.33. The number of thiophene rings is 1. The van der Waals surface area contributed by atoms with Crippen LogP contribution in [-0.4, -0.2) is 9.78 Å². The van der Waals surface area contributed by atoms with Crippen LogP contribution in [0.15, 0.2) is 29.8 Å². The van der Waals surface area contributed by atoms with E-state index in [0.29, 0.717) is 6.04 Å². The van der Waals surface area contributed by atoms with Crippen molar-refractivity contribution in [3.8, 4) is 0 Å². The summed E-state index contributed by atoms with van der Waals surface area (Å²) < 4.78 is 1.83. The van der Waals surface area contributed by atoms with Gasteiger partial charge < -0.3 is 5.32 Å². The Labute approximate surface area is 93.7 Å². The Balaban J connectivity index is 1.90. The van der Waals surface area contributed by atoms with Gasteiger partial charge in [0.2, 0.25) is 0 Å². The Morgan fingerprint density at radius 2 is 2.40 bits per heavy atom. The van der Waals surface area contributed by atoms with Gasteiger partial charge in [-0.2, -0.15) is 5.10 Å². The molecule has 0 saturated carbocycles. The molecule has 0 aliphatic rings. The molecular formula is C11H15N3S. The lowest BCUT2D eigenvalue weighted by Gasteiger charge is -2.09. The third-order valence-corrected chi connectivity index (χ3v) is 3.22. The van der Waals surface area contributed by atoms with Crippen molar-refractivity contribution in [2.45, 2.75) is 19.5 Å². The van der Waals surface area contributed by atoms with E-state index in [2.05, 4.69) is 34.9 Å². The minimum absolute atomic E-state index is 0.299. The smallest absolute Gasteiger partial charge is 0.0791 e. The molecule has 0 saturated heterocycles. The maximum atomic E-state index is 4.37. The van der Waals surface area contributed by atoms with Gasteiger partial charge in [-0.3, -0.25) is 4.68 Å². The maximum Gasteiger partial charge on any atom is 0.0791 e. The second kappa shape index (κ2) is 4.59. The van der Waals surface area contributed by atoms with Crippen molar-refractivity contribution < 1.29 is 0 Å². The minimum atomic E-state index is 0.299. The van der Waals surface area contributed by atoms with Crippen LogP contribution in [0.1, 0.15) is 23.5 Å². The molecule has 15 heavy (non-hydrogen) atoms. The number of aryl methyl sites for hydroxylation is 1. The quantitative estimate of drug-likeness (QED) is 0.858. The Morgan fingerprint density at radius 3 is 3.00 bits per heavy atom. The first-order valence-electron chi connectivity index (χ1n) is 5.01. The molecule has 1 N–H and O–H groups in total. The molecule has 0 bridgehead atoms. The second-order valence-electron chi connectivity index (χ2n) is 3.60. The average Bonchev–Trinajstić information content (AvgIpc) is 2.84. The number of hydrogen-bond acceptors (Lipinski definition) is 3. The molecule has 2 aromatic rings. The van der Waals surface area contributed by atoms with Crippen molar-refractivity contribution in [3.63, 3.8) is 0 Å².